The standard InChI is InChI=1S/C14H9NO5S/c16-14(17)11-6-9(15(18)19)7-13-10(11)5-8-3-1-2-4-12(8)21(13)20/h1-4,6-7H,5H2,(H,16,17). The Bertz CT molecular complexity index is 774. The van der Waals surface area contributed by atoms with Crippen molar-refractivity contribution in [1.29, 1.82) is 0 Å². The Morgan fingerprint density at radius 3 is 2.62 bits per heavy atom. The fourth-order valence-corrected chi connectivity index (χ4v) is 3.87. The van der Waals surface area contributed by atoms with Gasteiger partial charge in [-0.25, -0.2) is 4.79 Å². The molecule has 0 aliphatic carbocycles. The van der Waals surface area contributed by atoms with E-state index in [9.17, 15) is 24.6 Å². The highest BCUT2D eigenvalue weighted by Gasteiger charge is 2.34. The molecule has 3 rings (SSSR count). The predicted octanol–water partition coefficient (Wildman–Crippen LogP) is 2.36. The van der Waals surface area contributed by atoms with Crippen LogP contribution in [0.25, 0.3) is 0 Å². The van der Waals surface area contributed by atoms with Gasteiger partial charge in [0, 0.05) is 34.8 Å². The normalized spacial score (nSPS) is 16.0. The highest BCUT2D eigenvalue weighted by molar-refractivity contribution is 7.91. The number of hydrogen-bond acceptors (Lipinski definition) is 4. The molecule has 1 atom stereocenters. The Morgan fingerprint density at radius 1 is 1.24 bits per heavy atom. The van der Waals surface area contributed by atoms with Crippen molar-refractivity contribution in [2.75, 3.05) is 0 Å². The Hall–Kier alpha value is -2.38. The van der Waals surface area contributed by atoms with Crippen molar-refractivity contribution < 1.29 is 19.4 Å². The van der Waals surface area contributed by atoms with Crippen LogP contribution < -0.4 is 0 Å². The monoisotopic (exact) mass is 303 g/mol. The van der Waals surface area contributed by atoms with E-state index in [1.54, 1.807) is 24.3 Å². The lowest BCUT2D eigenvalue weighted by Gasteiger charge is -2.22. The lowest BCUT2D eigenvalue weighted by atomic mass is 9.98. The zero-order valence-electron chi connectivity index (χ0n) is 10.6. The molecule has 0 radical (unpaired) electrons. The molecule has 1 unspecified atom stereocenters. The van der Waals surface area contributed by atoms with Crippen molar-refractivity contribution in [2.24, 2.45) is 0 Å². The summed E-state index contributed by atoms with van der Waals surface area (Å²) in [6.07, 6.45) is 0.302. The van der Waals surface area contributed by atoms with Crippen molar-refractivity contribution in [1.82, 2.24) is 0 Å². The van der Waals surface area contributed by atoms with Crippen LogP contribution in [0.3, 0.4) is 0 Å². The number of fused-ring (bicyclic) bond motifs is 2. The molecule has 0 bridgehead atoms. The van der Waals surface area contributed by atoms with E-state index in [1.165, 1.54) is 6.07 Å². The van der Waals surface area contributed by atoms with Gasteiger partial charge in [-0.15, -0.1) is 0 Å². The van der Waals surface area contributed by atoms with Crippen LogP contribution in [0.15, 0.2) is 46.2 Å². The molecule has 0 amide bonds. The molecule has 106 valence electrons. The Morgan fingerprint density at radius 2 is 1.95 bits per heavy atom. The number of non-ortho nitro benzene ring substituents is 1. The van der Waals surface area contributed by atoms with E-state index in [2.05, 4.69) is 0 Å². The first kappa shape index (κ1) is 13.6. The van der Waals surface area contributed by atoms with Gasteiger partial charge in [0.15, 0.2) is 9.79 Å². The average molecular weight is 303 g/mol. The quantitative estimate of drug-likeness (QED) is 0.521. The number of carboxylic acids is 1. The fraction of sp³-hybridized carbons (Fsp3) is 0.0714. The second-order valence-electron chi connectivity index (χ2n) is 4.59. The van der Waals surface area contributed by atoms with Crippen molar-refractivity contribution >= 4 is 22.8 Å². The molecule has 0 saturated carbocycles. The highest BCUT2D eigenvalue weighted by atomic mass is 32.2. The third kappa shape index (κ3) is 2.16. The van der Waals surface area contributed by atoms with Crippen LogP contribution in [0.5, 0.6) is 0 Å². The van der Waals surface area contributed by atoms with E-state index >= 15 is 0 Å². The van der Waals surface area contributed by atoms with E-state index in [0.717, 1.165) is 11.6 Å². The third-order valence-electron chi connectivity index (χ3n) is 3.37. The van der Waals surface area contributed by atoms with Gasteiger partial charge in [0.25, 0.3) is 5.69 Å². The number of benzene rings is 2. The first-order valence-electron chi connectivity index (χ1n) is 6.03. The van der Waals surface area contributed by atoms with Gasteiger partial charge in [0.05, 0.1) is 16.6 Å². The maximum Gasteiger partial charge on any atom is 0.336 e. The van der Waals surface area contributed by atoms with Gasteiger partial charge in [0.1, 0.15) is 0 Å². The lowest BCUT2D eigenvalue weighted by molar-refractivity contribution is -0.385. The van der Waals surface area contributed by atoms with Gasteiger partial charge in [-0.3, -0.25) is 10.1 Å². The van der Waals surface area contributed by atoms with Crippen LogP contribution in [0, 0.1) is 10.1 Å². The molecule has 7 heteroatoms. The van der Waals surface area contributed by atoms with Crippen LogP contribution in [-0.2, 0) is 17.6 Å². The zero-order chi connectivity index (χ0) is 15.1. The summed E-state index contributed by atoms with van der Waals surface area (Å²) >= 11 is -1.61. The number of carbonyl (C=O) groups is 1. The first-order chi connectivity index (χ1) is 9.99. The molecular weight excluding hydrogens is 294 g/mol. The summed E-state index contributed by atoms with van der Waals surface area (Å²) in [5.74, 6) is -1.26. The molecule has 1 aliphatic heterocycles. The molecule has 1 heterocycles. The summed E-state index contributed by atoms with van der Waals surface area (Å²) in [6, 6.07) is 9.21. The van der Waals surface area contributed by atoms with Crippen molar-refractivity contribution in [3.05, 3.63) is 63.2 Å². The van der Waals surface area contributed by atoms with Gasteiger partial charge in [-0.2, -0.15) is 0 Å². The van der Waals surface area contributed by atoms with Crippen LogP contribution in [0.4, 0.5) is 5.69 Å². The van der Waals surface area contributed by atoms with Crippen LogP contribution in [0.1, 0.15) is 21.5 Å². The summed E-state index contributed by atoms with van der Waals surface area (Å²) in [5, 5.41) is 20.2. The number of rotatable bonds is 2. The smallest absolute Gasteiger partial charge is 0.336 e. The molecule has 0 fully saturated rings. The number of nitro benzene ring substituents is 1. The molecule has 1 aliphatic rings. The molecular formula is C14H9NO5S. The lowest BCUT2D eigenvalue weighted by Crippen LogP contribution is -2.18. The number of carboxylic acid groups (broad SMARTS) is 1. The second-order valence-corrected chi connectivity index (χ2v) is 6.00. The summed E-state index contributed by atoms with van der Waals surface area (Å²) in [5.41, 5.74) is 0.630. The molecule has 21 heavy (non-hydrogen) atoms. The van der Waals surface area contributed by atoms with Gasteiger partial charge in [0.2, 0.25) is 0 Å². The highest BCUT2D eigenvalue weighted by Crippen LogP contribution is 2.38. The fourth-order valence-electron chi connectivity index (χ4n) is 2.41. The van der Waals surface area contributed by atoms with Crippen molar-refractivity contribution in [2.45, 2.75) is 16.2 Å². The maximum atomic E-state index is 12.6. The molecule has 0 aromatic heterocycles. The second kappa shape index (κ2) is 4.87. The van der Waals surface area contributed by atoms with Crippen LogP contribution in [-0.4, -0.2) is 20.6 Å². The molecule has 2 aromatic rings. The van der Waals surface area contributed by atoms with E-state index in [0.29, 0.717) is 16.9 Å². The van der Waals surface area contributed by atoms with E-state index in [-0.39, 0.29) is 16.1 Å². The SMILES string of the molecule is O=C(O)c1cc([N+](=O)[O-])cc2c1Cc1ccccc1[S+]2[O-]. The third-order valence-corrected chi connectivity index (χ3v) is 4.94. The molecule has 2 aromatic carbocycles. The van der Waals surface area contributed by atoms with Gasteiger partial charge in [-0.05, 0) is 6.07 Å². The van der Waals surface area contributed by atoms with E-state index in [1.807, 2.05) is 0 Å². The number of hydrogen-bond donors (Lipinski definition) is 1. The molecule has 0 saturated heterocycles. The zero-order valence-corrected chi connectivity index (χ0v) is 11.4. The minimum atomic E-state index is -1.61. The van der Waals surface area contributed by atoms with Crippen molar-refractivity contribution in [3.8, 4) is 0 Å². The number of nitrogens with zero attached hydrogens (tertiary/aromatic N) is 1. The van der Waals surface area contributed by atoms with Crippen LogP contribution in [0.2, 0.25) is 0 Å². The summed E-state index contributed by atoms with van der Waals surface area (Å²) in [4.78, 5) is 22.4. The van der Waals surface area contributed by atoms with E-state index < -0.39 is 22.1 Å². The minimum absolute atomic E-state index is 0.165. The predicted molar refractivity (Wildman–Crippen MR) is 74.0 cm³/mol. The van der Waals surface area contributed by atoms with Gasteiger partial charge >= 0.3 is 5.97 Å². The first-order valence-corrected chi connectivity index (χ1v) is 7.18. The molecule has 1 N–H and O–H groups in total. The Balaban J connectivity index is 2.26. The number of aromatic carboxylic acids is 1. The van der Waals surface area contributed by atoms with Crippen molar-refractivity contribution in [3.63, 3.8) is 0 Å². The Kier molecular flexibility index (Phi) is 3.15. The summed E-state index contributed by atoms with van der Waals surface area (Å²) < 4.78 is 12.6. The molecule has 0 spiro atoms. The van der Waals surface area contributed by atoms with Gasteiger partial charge < -0.3 is 9.66 Å². The minimum Gasteiger partial charge on any atom is -0.606 e. The average Bonchev–Trinajstić information content (AvgIpc) is 2.46. The summed E-state index contributed by atoms with van der Waals surface area (Å²) in [7, 11) is 0. The van der Waals surface area contributed by atoms with Crippen LogP contribution >= 0.6 is 0 Å². The number of nitro groups is 1. The Labute approximate surface area is 122 Å². The summed E-state index contributed by atoms with van der Waals surface area (Å²) in [6.45, 7) is 0. The van der Waals surface area contributed by atoms with Gasteiger partial charge in [-0.1, -0.05) is 18.2 Å². The topological polar surface area (TPSA) is 104 Å². The maximum absolute atomic E-state index is 12.6. The molecule has 6 nitrogen and oxygen atoms in total. The largest absolute Gasteiger partial charge is 0.606 e. The van der Waals surface area contributed by atoms with E-state index in [4.69, 9.17) is 0 Å².